The Morgan fingerprint density at radius 2 is 1.84 bits per heavy atom. The van der Waals surface area contributed by atoms with Crippen LogP contribution in [0.1, 0.15) is 0 Å². The van der Waals surface area contributed by atoms with Crippen molar-refractivity contribution < 1.29 is 13.9 Å². The minimum absolute atomic E-state index is 0.0559. The molecule has 0 aliphatic rings. The Kier molecular flexibility index (Phi) is 2.89. The first-order valence-corrected chi connectivity index (χ1v) is 6.46. The number of halogens is 3. The lowest BCUT2D eigenvalue weighted by molar-refractivity contribution is 0.477. The molecule has 0 bridgehead atoms. The maximum Gasteiger partial charge on any atom is 0.161 e. The Morgan fingerprint density at radius 3 is 2.63 bits per heavy atom. The second-order valence-corrected chi connectivity index (χ2v) is 5.28. The molecule has 2 N–H and O–H groups in total. The molecule has 6 heteroatoms. The van der Waals surface area contributed by atoms with Gasteiger partial charge in [0, 0.05) is 15.7 Å². The van der Waals surface area contributed by atoms with Crippen LogP contribution >= 0.6 is 22.6 Å². The number of nitrogens with one attached hydrogen (secondary N) is 1. The van der Waals surface area contributed by atoms with Gasteiger partial charge in [0.15, 0.2) is 11.6 Å². The second kappa shape index (κ2) is 4.44. The molecule has 3 rings (SSSR count). The number of hydrogen-bond acceptors (Lipinski definition) is 2. The van der Waals surface area contributed by atoms with Crippen LogP contribution in [0.15, 0.2) is 30.3 Å². The number of fused-ring (bicyclic) bond motifs is 1. The largest absolute Gasteiger partial charge is 0.507 e. The summed E-state index contributed by atoms with van der Waals surface area (Å²) < 4.78 is 27.2. The Bertz CT molecular complexity index is 747. The summed E-state index contributed by atoms with van der Waals surface area (Å²) in [5, 5.41) is 9.81. The van der Waals surface area contributed by atoms with Crippen molar-refractivity contribution in [3.05, 3.63) is 45.5 Å². The van der Waals surface area contributed by atoms with E-state index in [1.165, 1.54) is 0 Å². The Hall–Kier alpha value is -1.70. The molecule has 0 radical (unpaired) electrons. The minimum atomic E-state index is -0.947. The van der Waals surface area contributed by atoms with E-state index in [9.17, 15) is 13.9 Å². The summed E-state index contributed by atoms with van der Waals surface area (Å²) in [5.41, 5.74) is 1.18. The summed E-state index contributed by atoms with van der Waals surface area (Å²) in [4.78, 5) is 7.03. The summed E-state index contributed by atoms with van der Waals surface area (Å²) in [5.74, 6) is -1.46. The van der Waals surface area contributed by atoms with Gasteiger partial charge in [-0.2, -0.15) is 0 Å². The van der Waals surface area contributed by atoms with Crippen molar-refractivity contribution >= 4 is 33.6 Å². The number of nitrogens with zero attached hydrogens (tertiary/aromatic N) is 1. The van der Waals surface area contributed by atoms with Crippen molar-refractivity contribution in [2.45, 2.75) is 0 Å². The zero-order valence-electron chi connectivity index (χ0n) is 9.42. The molecule has 96 valence electrons. The van der Waals surface area contributed by atoms with Gasteiger partial charge >= 0.3 is 0 Å². The van der Waals surface area contributed by atoms with Crippen LogP contribution in [-0.2, 0) is 0 Å². The number of H-pyrrole nitrogens is 1. The highest BCUT2D eigenvalue weighted by Gasteiger charge is 2.12. The van der Waals surface area contributed by atoms with Gasteiger partial charge in [-0.05, 0) is 40.8 Å². The maximum atomic E-state index is 13.1. The third-order valence-electron chi connectivity index (χ3n) is 2.74. The van der Waals surface area contributed by atoms with Gasteiger partial charge in [0.25, 0.3) is 0 Å². The summed E-state index contributed by atoms with van der Waals surface area (Å²) in [6.07, 6.45) is 0. The molecule has 0 aliphatic carbocycles. The van der Waals surface area contributed by atoms with Gasteiger partial charge < -0.3 is 10.1 Å². The van der Waals surface area contributed by atoms with E-state index in [1.807, 2.05) is 0 Å². The maximum absolute atomic E-state index is 13.1. The zero-order chi connectivity index (χ0) is 13.6. The number of phenols is 1. The van der Waals surface area contributed by atoms with Crippen molar-refractivity contribution in [1.29, 1.82) is 0 Å². The Morgan fingerprint density at radius 1 is 1.11 bits per heavy atom. The van der Waals surface area contributed by atoms with Crippen LogP contribution in [0.5, 0.6) is 5.75 Å². The minimum Gasteiger partial charge on any atom is -0.507 e. The van der Waals surface area contributed by atoms with E-state index in [2.05, 4.69) is 32.6 Å². The molecule has 0 spiro atoms. The monoisotopic (exact) mass is 372 g/mol. The van der Waals surface area contributed by atoms with Crippen LogP contribution in [0.25, 0.3) is 22.4 Å². The van der Waals surface area contributed by atoms with Crippen molar-refractivity contribution in [3.63, 3.8) is 0 Å². The van der Waals surface area contributed by atoms with Crippen molar-refractivity contribution in [1.82, 2.24) is 9.97 Å². The van der Waals surface area contributed by atoms with E-state index >= 15 is 0 Å². The van der Waals surface area contributed by atoms with E-state index in [0.29, 0.717) is 22.4 Å². The normalized spacial score (nSPS) is 11.1. The molecular formula is C13H7F2IN2O. The number of aromatic hydroxyl groups is 1. The highest BCUT2D eigenvalue weighted by Crippen LogP contribution is 2.30. The fraction of sp³-hybridized carbons (Fsp3) is 0. The lowest BCUT2D eigenvalue weighted by Crippen LogP contribution is -1.83. The summed E-state index contributed by atoms with van der Waals surface area (Å²) in [7, 11) is 0. The summed E-state index contributed by atoms with van der Waals surface area (Å²) >= 11 is 2.11. The molecule has 1 aromatic heterocycles. The Labute approximate surface area is 120 Å². The lowest BCUT2D eigenvalue weighted by atomic mass is 10.2. The average Bonchev–Trinajstić information content (AvgIpc) is 2.75. The van der Waals surface area contributed by atoms with Crippen LogP contribution in [0.4, 0.5) is 8.78 Å². The summed E-state index contributed by atoms with van der Waals surface area (Å²) in [6.45, 7) is 0. The van der Waals surface area contributed by atoms with Crippen molar-refractivity contribution in [2.75, 3.05) is 0 Å². The third kappa shape index (κ3) is 2.16. The molecule has 19 heavy (non-hydrogen) atoms. The summed E-state index contributed by atoms with van der Waals surface area (Å²) in [6, 6.07) is 7.11. The van der Waals surface area contributed by atoms with Gasteiger partial charge in [-0.15, -0.1) is 0 Å². The van der Waals surface area contributed by atoms with Crippen molar-refractivity contribution in [2.24, 2.45) is 0 Å². The van der Waals surface area contributed by atoms with Crippen LogP contribution < -0.4 is 0 Å². The number of phenolic OH excluding ortho intramolecular Hbond substituents is 1. The smallest absolute Gasteiger partial charge is 0.161 e. The number of benzene rings is 2. The molecule has 0 aliphatic heterocycles. The van der Waals surface area contributed by atoms with Gasteiger partial charge in [-0.1, -0.05) is 0 Å². The van der Waals surface area contributed by atoms with E-state index in [1.54, 1.807) is 18.2 Å². The molecule has 1 heterocycles. The topological polar surface area (TPSA) is 48.9 Å². The number of imidazole rings is 1. The van der Waals surface area contributed by atoms with Crippen LogP contribution in [0.2, 0.25) is 0 Å². The molecule has 2 aromatic carbocycles. The van der Waals surface area contributed by atoms with E-state index in [4.69, 9.17) is 0 Å². The molecule has 0 atom stereocenters. The quantitative estimate of drug-likeness (QED) is 0.639. The Balaban J connectivity index is 2.23. The molecule has 0 saturated carbocycles. The predicted molar refractivity (Wildman–Crippen MR) is 75.8 cm³/mol. The zero-order valence-corrected chi connectivity index (χ0v) is 11.6. The third-order valence-corrected chi connectivity index (χ3v) is 3.41. The van der Waals surface area contributed by atoms with E-state index in [0.717, 1.165) is 15.7 Å². The first-order chi connectivity index (χ1) is 9.04. The van der Waals surface area contributed by atoms with Crippen molar-refractivity contribution in [3.8, 4) is 17.1 Å². The second-order valence-electron chi connectivity index (χ2n) is 4.03. The highest BCUT2D eigenvalue weighted by atomic mass is 127. The first-order valence-electron chi connectivity index (χ1n) is 5.38. The SMILES string of the molecule is Oc1ccc(I)cc1-c1nc2cc(F)c(F)cc2[nH]1. The van der Waals surface area contributed by atoms with Gasteiger partial charge in [-0.25, -0.2) is 13.8 Å². The van der Waals surface area contributed by atoms with Gasteiger partial charge in [0.05, 0.1) is 16.6 Å². The van der Waals surface area contributed by atoms with Crippen LogP contribution in [-0.4, -0.2) is 15.1 Å². The number of hydrogen-bond donors (Lipinski definition) is 2. The predicted octanol–water partition coefficient (Wildman–Crippen LogP) is 3.82. The fourth-order valence-corrected chi connectivity index (χ4v) is 2.32. The number of rotatable bonds is 1. The standard InChI is InChI=1S/C13H7F2IN2O/c14-8-4-10-11(5-9(8)15)18-13(17-10)7-3-6(16)1-2-12(7)19/h1-5,19H,(H,17,18). The van der Waals surface area contributed by atoms with E-state index < -0.39 is 11.6 Å². The molecule has 3 aromatic rings. The van der Waals surface area contributed by atoms with Crippen LogP contribution in [0, 0.1) is 15.2 Å². The van der Waals surface area contributed by atoms with Crippen LogP contribution in [0.3, 0.4) is 0 Å². The molecule has 0 unspecified atom stereocenters. The molecule has 0 saturated heterocycles. The number of aromatic amines is 1. The van der Waals surface area contributed by atoms with Gasteiger partial charge in [0.2, 0.25) is 0 Å². The average molecular weight is 372 g/mol. The molecular weight excluding hydrogens is 365 g/mol. The fourth-order valence-electron chi connectivity index (χ4n) is 1.83. The van der Waals surface area contributed by atoms with Gasteiger partial charge in [0.1, 0.15) is 11.6 Å². The number of aromatic nitrogens is 2. The molecule has 0 amide bonds. The lowest BCUT2D eigenvalue weighted by Gasteiger charge is -2.01. The highest BCUT2D eigenvalue weighted by molar-refractivity contribution is 14.1. The first kappa shape index (κ1) is 12.3. The molecule has 0 fully saturated rings. The molecule has 3 nitrogen and oxygen atoms in total. The van der Waals surface area contributed by atoms with Gasteiger partial charge in [-0.3, -0.25) is 0 Å². The van der Waals surface area contributed by atoms with E-state index in [-0.39, 0.29) is 5.75 Å².